The second-order valence-electron chi connectivity index (χ2n) is 6.53. The maximum atomic E-state index is 12.4. The van der Waals surface area contributed by atoms with Gasteiger partial charge < -0.3 is 4.74 Å². The van der Waals surface area contributed by atoms with Gasteiger partial charge in [-0.05, 0) is 44.3 Å². The summed E-state index contributed by atoms with van der Waals surface area (Å²) in [6.45, 7) is 8.62. The molecule has 0 fully saturated rings. The van der Waals surface area contributed by atoms with Gasteiger partial charge in [0.1, 0.15) is 5.78 Å². The number of Topliss-reactive ketones (excluding diaryl/α,β-unsaturated/α-hetero) is 1. The predicted octanol–water partition coefficient (Wildman–Crippen LogP) is 4.06. The van der Waals surface area contributed by atoms with Crippen LogP contribution in [0.5, 0.6) is 0 Å². The van der Waals surface area contributed by atoms with Crippen LogP contribution in [0.25, 0.3) is 0 Å². The lowest BCUT2D eigenvalue weighted by Crippen LogP contribution is -2.33. The molecule has 19 heavy (non-hydrogen) atoms. The number of methoxy groups -OCH3 is 1. The Labute approximate surface area is 116 Å². The number of carbonyl (C=O) groups is 1. The number of rotatable bonds is 2. The van der Waals surface area contributed by atoms with Crippen molar-refractivity contribution in [1.29, 1.82) is 0 Å². The van der Waals surface area contributed by atoms with Gasteiger partial charge in [0, 0.05) is 24.9 Å². The average molecular weight is 262 g/mol. The monoisotopic (exact) mass is 262 g/mol. The van der Waals surface area contributed by atoms with Crippen molar-refractivity contribution in [3.63, 3.8) is 0 Å². The highest BCUT2D eigenvalue weighted by molar-refractivity contribution is 5.82. The summed E-state index contributed by atoms with van der Waals surface area (Å²) in [5, 5.41) is 0. The lowest BCUT2D eigenvalue weighted by Gasteiger charge is -2.35. The molecule has 2 nitrogen and oxygen atoms in total. The second kappa shape index (κ2) is 5.24. The summed E-state index contributed by atoms with van der Waals surface area (Å²) in [5.74, 6) is 0.513. The van der Waals surface area contributed by atoms with Crippen LogP contribution in [0.1, 0.15) is 53.4 Å². The van der Waals surface area contributed by atoms with Gasteiger partial charge in [0.25, 0.3) is 0 Å². The summed E-state index contributed by atoms with van der Waals surface area (Å²) < 4.78 is 5.66. The minimum Gasteiger partial charge on any atom is -0.377 e. The fraction of sp³-hybridized carbons (Fsp3) is 0.706. The molecule has 106 valence electrons. The predicted molar refractivity (Wildman–Crippen MR) is 78.0 cm³/mol. The van der Waals surface area contributed by atoms with Crippen molar-refractivity contribution >= 4 is 5.78 Å². The third-order valence-electron chi connectivity index (χ3n) is 5.07. The maximum Gasteiger partial charge on any atom is 0.136 e. The van der Waals surface area contributed by atoms with E-state index in [0.29, 0.717) is 12.2 Å². The normalized spacial score (nSPS) is 35.1. The van der Waals surface area contributed by atoms with Crippen molar-refractivity contribution in [2.45, 2.75) is 59.5 Å². The molecule has 0 saturated carbocycles. The highest BCUT2D eigenvalue weighted by Crippen LogP contribution is 2.52. The molecule has 0 radical (unpaired) electrons. The molecular formula is C17H26O2. The summed E-state index contributed by atoms with van der Waals surface area (Å²) >= 11 is 0. The molecule has 0 aliphatic heterocycles. The topological polar surface area (TPSA) is 26.3 Å². The molecule has 0 amide bonds. The Morgan fingerprint density at radius 1 is 1.37 bits per heavy atom. The molecule has 3 atom stereocenters. The first-order valence-corrected chi connectivity index (χ1v) is 7.34. The Morgan fingerprint density at radius 2 is 2.05 bits per heavy atom. The number of carbonyl (C=O) groups excluding carboxylic acids is 1. The number of fused-ring (bicyclic) bond motifs is 1. The Kier molecular flexibility index (Phi) is 4.00. The number of hydrogen-bond acceptors (Lipinski definition) is 2. The Bertz CT molecular complexity index is 440. The van der Waals surface area contributed by atoms with Crippen molar-refractivity contribution in [3.8, 4) is 0 Å². The van der Waals surface area contributed by atoms with Crippen LogP contribution in [0.3, 0.4) is 0 Å². The zero-order valence-corrected chi connectivity index (χ0v) is 12.9. The first kappa shape index (κ1) is 14.5. The van der Waals surface area contributed by atoms with Gasteiger partial charge in [-0.15, -0.1) is 0 Å². The highest BCUT2D eigenvalue weighted by Gasteiger charge is 2.45. The molecule has 0 saturated heterocycles. The first-order valence-electron chi connectivity index (χ1n) is 7.34. The Hall–Kier alpha value is -0.890. The average Bonchev–Trinajstić information content (AvgIpc) is 2.69. The third-order valence-corrected chi connectivity index (χ3v) is 5.07. The van der Waals surface area contributed by atoms with E-state index in [9.17, 15) is 4.79 Å². The van der Waals surface area contributed by atoms with E-state index in [1.54, 1.807) is 7.11 Å². The summed E-state index contributed by atoms with van der Waals surface area (Å²) in [7, 11) is 1.77. The zero-order chi connectivity index (χ0) is 14.2. The summed E-state index contributed by atoms with van der Waals surface area (Å²) in [6, 6.07) is 0. The zero-order valence-electron chi connectivity index (χ0n) is 12.9. The van der Waals surface area contributed by atoms with Gasteiger partial charge >= 0.3 is 0 Å². The second-order valence-corrected chi connectivity index (χ2v) is 6.53. The molecule has 2 aliphatic carbocycles. The molecule has 0 N–H and O–H groups in total. The van der Waals surface area contributed by atoms with E-state index in [1.165, 1.54) is 16.7 Å². The van der Waals surface area contributed by atoms with Crippen LogP contribution < -0.4 is 0 Å². The Morgan fingerprint density at radius 3 is 2.63 bits per heavy atom. The van der Waals surface area contributed by atoms with E-state index in [1.807, 2.05) is 0 Å². The van der Waals surface area contributed by atoms with E-state index in [4.69, 9.17) is 4.74 Å². The highest BCUT2D eigenvalue weighted by atomic mass is 16.5. The fourth-order valence-corrected chi connectivity index (χ4v) is 3.64. The molecular weight excluding hydrogens is 236 g/mol. The van der Waals surface area contributed by atoms with Gasteiger partial charge in [0.05, 0.1) is 6.10 Å². The number of allylic oxidation sites excluding steroid dienone is 3. The van der Waals surface area contributed by atoms with Crippen LogP contribution in [-0.2, 0) is 9.53 Å². The van der Waals surface area contributed by atoms with Gasteiger partial charge in [-0.2, -0.15) is 0 Å². The van der Waals surface area contributed by atoms with Crippen molar-refractivity contribution in [2.75, 3.05) is 7.11 Å². The number of ether oxygens (including phenoxy) is 1. The molecule has 2 aliphatic rings. The first-order chi connectivity index (χ1) is 8.90. The van der Waals surface area contributed by atoms with E-state index in [0.717, 1.165) is 19.3 Å². The summed E-state index contributed by atoms with van der Waals surface area (Å²) in [4.78, 5) is 12.4. The molecule has 2 bridgehead atoms. The van der Waals surface area contributed by atoms with Gasteiger partial charge in [-0.3, -0.25) is 4.79 Å². The molecule has 0 unspecified atom stereocenters. The van der Waals surface area contributed by atoms with E-state index >= 15 is 0 Å². The molecule has 0 aromatic carbocycles. The minimum absolute atomic E-state index is 0.000880. The van der Waals surface area contributed by atoms with Crippen LogP contribution in [0.2, 0.25) is 0 Å². The molecule has 2 rings (SSSR count). The van der Waals surface area contributed by atoms with Gasteiger partial charge in [-0.1, -0.05) is 25.5 Å². The molecule has 0 aromatic heterocycles. The van der Waals surface area contributed by atoms with Crippen LogP contribution >= 0.6 is 0 Å². The Balaban J connectivity index is 2.56. The molecule has 0 heterocycles. The smallest absolute Gasteiger partial charge is 0.136 e. The molecule has 0 aromatic rings. The lowest BCUT2D eigenvalue weighted by atomic mass is 9.69. The van der Waals surface area contributed by atoms with Gasteiger partial charge in [0.2, 0.25) is 0 Å². The maximum absolute atomic E-state index is 12.4. The molecule has 0 spiro atoms. The van der Waals surface area contributed by atoms with Crippen molar-refractivity contribution in [2.24, 2.45) is 11.3 Å². The van der Waals surface area contributed by atoms with E-state index in [2.05, 4.69) is 33.8 Å². The van der Waals surface area contributed by atoms with Crippen molar-refractivity contribution in [3.05, 3.63) is 22.8 Å². The fourth-order valence-electron chi connectivity index (χ4n) is 3.64. The minimum atomic E-state index is 0.000880. The third kappa shape index (κ3) is 2.43. The SMILES string of the molecule is CO[C@H]1CCC(=O)[C@H](C)[C@@]2(C)CCC1=C2C=C(C)C. The van der Waals surface area contributed by atoms with Gasteiger partial charge in [0.15, 0.2) is 0 Å². The quantitative estimate of drug-likeness (QED) is 0.750. The standard InChI is InChI=1S/C17H26O2/c1-11(2)10-14-13-8-9-17(14,4)12(3)15(18)6-7-16(13)19-5/h10,12,16H,6-9H2,1-5H3/t12-,16-,17+/m0/s1. The van der Waals surface area contributed by atoms with E-state index in [-0.39, 0.29) is 17.4 Å². The van der Waals surface area contributed by atoms with E-state index < -0.39 is 0 Å². The van der Waals surface area contributed by atoms with Crippen LogP contribution in [0.4, 0.5) is 0 Å². The lowest BCUT2D eigenvalue weighted by molar-refractivity contribution is -0.125. The van der Waals surface area contributed by atoms with Crippen molar-refractivity contribution < 1.29 is 9.53 Å². The largest absolute Gasteiger partial charge is 0.377 e. The summed E-state index contributed by atoms with van der Waals surface area (Å²) in [6.07, 6.45) is 6.05. The van der Waals surface area contributed by atoms with Crippen LogP contribution in [0.15, 0.2) is 22.8 Å². The summed E-state index contributed by atoms with van der Waals surface area (Å²) in [5.41, 5.74) is 4.11. The van der Waals surface area contributed by atoms with Gasteiger partial charge in [-0.25, -0.2) is 0 Å². The number of ketones is 1. The van der Waals surface area contributed by atoms with Crippen LogP contribution in [-0.4, -0.2) is 19.0 Å². The van der Waals surface area contributed by atoms with Crippen molar-refractivity contribution in [1.82, 2.24) is 0 Å². The molecule has 2 heteroatoms. The van der Waals surface area contributed by atoms with Crippen LogP contribution in [0, 0.1) is 11.3 Å². The number of hydrogen-bond donors (Lipinski definition) is 0.